The van der Waals surface area contributed by atoms with E-state index >= 15 is 0 Å². The monoisotopic (exact) mass is 369 g/mol. The van der Waals surface area contributed by atoms with E-state index in [9.17, 15) is 9.18 Å². The zero-order valence-corrected chi connectivity index (χ0v) is 15.3. The molecule has 0 bridgehead atoms. The van der Waals surface area contributed by atoms with Crippen molar-refractivity contribution in [3.63, 3.8) is 0 Å². The number of rotatable bonds is 4. The van der Waals surface area contributed by atoms with Crippen molar-refractivity contribution < 1.29 is 13.9 Å². The van der Waals surface area contributed by atoms with Crippen molar-refractivity contribution in [1.82, 2.24) is 4.90 Å². The zero-order valence-electron chi connectivity index (χ0n) is 15.3. The van der Waals surface area contributed by atoms with E-state index in [1.165, 1.54) is 6.07 Å². The molecule has 1 fully saturated rings. The molecule has 2 aliphatic heterocycles. The Balaban J connectivity index is 1.52. The maximum atomic E-state index is 14.1. The van der Waals surface area contributed by atoms with Crippen LogP contribution in [0.1, 0.15) is 10.4 Å². The van der Waals surface area contributed by atoms with Crippen molar-refractivity contribution in [2.45, 2.75) is 0 Å². The summed E-state index contributed by atoms with van der Waals surface area (Å²) in [6, 6.07) is 14.1. The third-order valence-corrected chi connectivity index (χ3v) is 5.25. The summed E-state index contributed by atoms with van der Waals surface area (Å²) in [5.74, 6) is -0.761. The van der Waals surface area contributed by atoms with E-state index in [-0.39, 0.29) is 11.5 Å². The predicted octanol–water partition coefficient (Wildman–Crippen LogP) is 2.62. The van der Waals surface area contributed by atoms with Crippen LogP contribution in [0.15, 0.2) is 48.5 Å². The van der Waals surface area contributed by atoms with Crippen LogP contribution in [-0.2, 0) is 4.74 Å². The van der Waals surface area contributed by atoms with Gasteiger partial charge in [0, 0.05) is 39.3 Å². The largest absolute Gasteiger partial charge is 0.379 e. The van der Waals surface area contributed by atoms with Crippen molar-refractivity contribution in [3.8, 4) is 0 Å². The van der Waals surface area contributed by atoms with Gasteiger partial charge in [0.2, 0.25) is 0 Å². The fraction of sp³-hybridized carbons (Fsp3) is 0.381. The molecule has 0 aliphatic carbocycles. The average Bonchev–Trinajstić information content (AvgIpc) is 2.72. The summed E-state index contributed by atoms with van der Waals surface area (Å²) < 4.78 is 19.5. The van der Waals surface area contributed by atoms with Crippen LogP contribution in [0.4, 0.5) is 15.8 Å². The number of hydrogen-bond donors (Lipinski definition) is 0. The van der Waals surface area contributed by atoms with Gasteiger partial charge in [-0.25, -0.2) is 4.39 Å². The van der Waals surface area contributed by atoms with E-state index in [4.69, 9.17) is 4.74 Å². The van der Waals surface area contributed by atoms with Gasteiger partial charge in [-0.15, -0.1) is 0 Å². The molecule has 0 spiro atoms. The lowest BCUT2D eigenvalue weighted by molar-refractivity contribution is 0.0391. The number of anilines is 2. The van der Waals surface area contributed by atoms with E-state index in [2.05, 4.69) is 9.80 Å². The molecule has 0 N–H and O–H groups in total. The first-order chi connectivity index (χ1) is 13.2. The normalized spacial score (nSPS) is 17.7. The van der Waals surface area contributed by atoms with Crippen LogP contribution in [0, 0.1) is 5.82 Å². The van der Waals surface area contributed by atoms with Crippen LogP contribution in [0.2, 0.25) is 0 Å². The van der Waals surface area contributed by atoms with Gasteiger partial charge in [-0.3, -0.25) is 9.69 Å². The number of carbonyl (C=O) groups is 1. The first-order valence-corrected chi connectivity index (χ1v) is 9.44. The number of fused-ring (bicyclic) bond motifs is 1. The molecule has 0 saturated carbocycles. The molecule has 1 amide bonds. The van der Waals surface area contributed by atoms with Gasteiger partial charge in [0.05, 0.1) is 30.2 Å². The van der Waals surface area contributed by atoms with Crippen LogP contribution < -0.4 is 9.80 Å². The number of amides is 1. The number of halogens is 1. The number of carbonyl (C=O) groups excluding carboxylic acids is 1. The molecular formula is C21H24FN3O2. The maximum absolute atomic E-state index is 14.1. The van der Waals surface area contributed by atoms with Crippen molar-refractivity contribution in [2.75, 3.05) is 62.3 Å². The average molecular weight is 369 g/mol. The Morgan fingerprint density at radius 2 is 1.59 bits per heavy atom. The minimum atomic E-state index is -0.477. The van der Waals surface area contributed by atoms with Gasteiger partial charge in [0.25, 0.3) is 5.91 Å². The number of hydrogen-bond acceptors (Lipinski definition) is 4. The van der Waals surface area contributed by atoms with Gasteiger partial charge in [0.1, 0.15) is 5.82 Å². The van der Waals surface area contributed by atoms with Crippen LogP contribution in [0.5, 0.6) is 0 Å². The molecule has 1 saturated heterocycles. The lowest BCUT2D eigenvalue weighted by Gasteiger charge is -2.39. The molecule has 2 heterocycles. The minimum absolute atomic E-state index is 0.120. The van der Waals surface area contributed by atoms with Crippen LogP contribution >= 0.6 is 0 Å². The van der Waals surface area contributed by atoms with Crippen LogP contribution in [0.25, 0.3) is 0 Å². The smallest absolute Gasteiger partial charge is 0.261 e. The van der Waals surface area contributed by atoms with Gasteiger partial charge < -0.3 is 14.5 Å². The highest BCUT2D eigenvalue weighted by Crippen LogP contribution is 2.33. The second-order valence-electron chi connectivity index (χ2n) is 6.87. The lowest BCUT2D eigenvalue weighted by Crippen LogP contribution is -2.47. The Kier molecular flexibility index (Phi) is 5.36. The van der Waals surface area contributed by atoms with Crippen molar-refractivity contribution in [1.29, 1.82) is 0 Å². The number of nitrogens with zero attached hydrogens (tertiary/aromatic N) is 3. The summed E-state index contributed by atoms with van der Waals surface area (Å²) in [5, 5.41) is 0. The molecule has 0 atom stereocenters. The molecule has 2 aromatic carbocycles. The Morgan fingerprint density at radius 1 is 0.889 bits per heavy atom. The topological polar surface area (TPSA) is 36.0 Å². The highest BCUT2D eigenvalue weighted by atomic mass is 19.1. The van der Waals surface area contributed by atoms with E-state index < -0.39 is 5.82 Å². The van der Waals surface area contributed by atoms with Gasteiger partial charge in [-0.05, 0) is 24.3 Å². The number of ether oxygens (including phenoxy) is 1. The fourth-order valence-electron chi connectivity index (χ4n) is 3.73. The summed E-state index contributed by atoms with van der Waals surface area (Å²) in [6.07, 6.45) is 0. The molecule has 4 rings (SSSR count). The lowest BCUT2D eigenvalue weighted by atomic mass is 10.1. The zero-order chi connectivity index (χ0) is 18.6. The first-order valence-electron chi connectivity index (χ1n) is 9.44. The van der Waals surface area contributed by atoms with E-state index in [1.54, 1.807) is 23.1 Å². The second kappa shape index (κ2) is 8.06. The summed E-state index contributed by atoms with van der Waals surface area (Å²) in [7, 11) is 0. The quantitative estimate of drug-likeness (QED) is 0.830. The van der Waals surface area contributed by atoms with Crippen molar-refractivity contribution >= 4 is 17.3 Å². The van der Waals surface area contributed by atoms with E-state index in [0.717, 1.165) is 57.3 Å². The maximum Gasteiger partial charge on any atom is 0.261 e. The number of benzene rings is 2. The molecule has 2 aromatic rings. The molecule has 0 aromatic heterocycles. The third kappa shape index (κ3) is 3.82. The van der Waals surface area contributed by atoms with E-state index in [0.29, 0.717) is 6.54 Å². The number of morpholine rings is 1. The molecule has 0 unspecified atom stereocenters. The van der Waals surface area contributed by atoms with Crippen molar-refractivity contribution in [3.05, 3.63) is 59.9 Å². The number of para-hydroxylation sites is 2. The highest BCUT2D eigenvalue weighted by molar-refractivity contribution is 6.08. The van der Waals surface area contributed by atoms with Crippen molar-refractivity contribution in [2.24, 2.45) is 0 Å². The van der Waals surface area contributed by atoms with E-state index in [1.807, 2.05) is 24.3 Å². The molecule has 0 radical (unpaired) electrons. The summed E-state index contributed by atoms with van der Waals surface area (Å²) in [6.45, 7) is 6.68. The summed E-state index contributed by atoms with van der Waals surface area (Å²) >= 11 is 0. The summed E-state index contributed by atoms with van der Waals surface area (Å²) in [4.78, 5) is 19.4. The van der Waals surface area contributed by atoms with Gasteiger partial charge >= 0.3 is 0 Å². The predicted molar refractivity (Wildman–Crippen MR) is 104 cm³/mol. The Hall–Kier alpha value is -2.44. The molecule has 27 heavy (non-hydrogen) atoms. The molecule has 6 heteroatoms. The first kappa shape index (κ1) is 17.9. The second-order valence-corrected chi connectivity index (χ2v) is 6.87. The molecular weight excluding hydrogens is 345 g/mol. The Labute approximate surface area is 158 Å². The fourth-order valence-corrected chi connectivity index (χ4v) is 3.73. The third-order valence-electron chi connectivity index (χ3n) is 5.25. The molecule has 2 aliphatic rings. The molecule has 5 nitrogen and oxygen atoms in total. The summed E-state index contributed by atoms with van der Waals surface area (Å²) in [5.41, 5.74) is 2.00. The van der Waals surface area contributed by atoms with Gasteiger partial charge in [-0.1, -0.05) is 24.3 Å². The molecule has 142 valence electrons. The Morgan fingerprint density at radius 3 is 2.37 bits per heavy atom. The van der Waals surface area contributed by atoms with Crippen LogP contribution in [-0.4, -0.2) is 63.3 Å². The van der Waals surface area contributed by atoms with Gasteiger partial charge in [-0.2, -0.15) is 0 Å². The SMILES string of the molecule is O=C(c1ccccc1F)N1CCN(CCN2CCOCC2)c2ccccc21. The Bertz CT molecular complexity index is 808. The standard InChI is InChI=1S/C21H24FN3O2/c22-18-6-2-1-5-17(18)21(26)25-12-11-24(19-7-3-4-8-20(19)25)10-9-23-13-15-27-16-14-23/h1-8H,9-16H2. The van der Waals surface area contributed by atoms with Gasteiger partial charge in [0.15, 0.2) is 0 Å². The van der Waals surface area contributed by atoms with Crippen LogP contribution in [0.3, 0.4) is 0 Å². The minimum Gasteiger partial charge on any atom is -0.379 e. The highest BCUT2D eigenvalue weighted by Gasteiger charge is 2.28.